The van der Waals surface area contributed by atoms with Crippen molar-refractivity contribution in [2.75, 3.05) is 14.1 Å². The summed E-state index contributed by atoms with van der Waals surface area (Å²) in [6.45, 7) is 3.90. The van der Waals surface area contributed by atoms with Crippen LogP contribution in [0.1, 0.15) is 5.76 Å². The van der Waals surface area contributed by atoms with E-state index in [9.17, 15) is 10.1 Å². The fourth-order valence-corrected chi connectivity index (χ4v) is 1.75. The lowest BCUT2D eigenvalue weighted by Crippen LogP contribution is -2.44. The maximum absolute atomic E-state index is 10.5. The summed E-state index contributed by atoms with van der Waals surface area (Å²) in [4.78, 5) is 11.7. The van der Waals surface area contributed by atoms with E-state index in [1.54, 1.807) is 17.1 Å². The average Bonchev–Trinajstić information content (AvgIpc) is 2.89. The SMILES string of the molecule is C=C1C(C=Cc2ccc([N+](=O)[O-])o2)=NN=C(N(C)C)C1N. The molecule has 0 aliphatic carbocycles. The Hall–Kier alpha value is -2.74. The summed E-state index contributed by atoms with van der Waals surface area (Å²) in [5.74, 6) is 0.641. The minimum absolute atomic E-state index is 0.316. The Morgan fingerprint density at radius 3 is 2.71 bits per heavy atom. The van der Waals surface area contributed by atoms with Gasteiger partial charge in [0.25, 0.3) is 0 Å². The van der Waals surface area contributed by atoms with E-state index in [0.717, 1.165) is 0 Å². The van der Waals surface area contributed by atoms with E-state index in [2.05, 4.69) is 16.8 Å². The van der Waals surface area contributed by atoms with E-state index in [1.165, 1.54) is 12.1 Å². The number of furan rings is 1. The van der Waals surface area contributed by atoms with Crippen LogP contribution in [-0.4, -0.2) is 41.5 Å². The highest BCUT2D eigenvalue weighted by molar-refractivity contribution is 6.16. The molecule has 0 saturated heterocycles. The Morgan fingerprint density at radius 1 is 1.43 bits per heavy atom. The van der Waals surface area contributed by atoms with E-state index in [4.69, 9.17) is 10.2 Å². The van der Waals surface area contributed by atoms with Gasteiger partial charge < -0.3 is 15.1 Å². The Balaban J connectivity index is 2.20. The van der Waals surface area contributed by atoms with Gasteiger partial charge in [0.1, 0.15) is 16.5 Å². The van der Waals surface area contributed by atoms with Gasteiger partial charge in [0, 0.05) is 14.1 Å². The van der Waals surface area contributed by atoms with Gasteiger partial charge in [0.05, 0.1) is 17.8 Å². The molecule has 2 N–H and O–H groups in total. The molecule has 0 radical (unpaired) electrons. The topological polar surface area (TPSA) is 110 Å². The van der Waals surface area contributed by atoms with Gasteiger partial charge in [-0.1, -0.05) is 6.58 Å². The largest absolute Gasteiger partial charge is 0.433 e. The standard InChI is InChI=1S/C13H15N5O3/c1-8-10(15-16-13(12(8)14)17(2)3)6-4-9-5-7-11(21-9)18(19)20/h4-7,12H,1,14H2,2-3H3. The summed E-state index contributed by atoms with van der Waals surface area (Å²) in [7, 11) is 3.65. The number of nitro groups is 1. The Morgan fingerprint density at radius 2 is 2.14 bits per heavy atom. The molecule has 8 nitrogen and oxygen atoms in total. The predicted molar refractivity (Wildman–Crippen MR) is 80.1 cm³/mol. The molecule has 110 valence electrons. The van der Waals surface area contributed by atoms with Crippen molar-refractivity contribution in [3.63, 3.8) is 0 Å². The highest BCUT2D eigenvalue weighted by Crippen LogP contribution is 2.18. The highest BCUT2D eigenvalue weighted by Gasteiger charge is 2.23. The Labute approximate surface area is 121 Å². The molecular weight excluding hydrogens is 274 g/mol. The Kier molecular flexibility index (Phi) is 3.99. The van der Waals surface area contributed by atoms with Gasteiger partial charge in [-0.2, -0.15) is 0 Å². The number of likely N-dealkylation sites (N-methyl/N-ethyl adjacent to an activating group) is 1. The van der Waals surface area contributed by atoms with E-state index in [-0.39, 0.29) is 5.88 Å². The molecule has 0 bridgehead atoms. The van der Waals surface area contributed by atoms with E-state index >= 15 is 0 Å². The fourth-order valence-electron chi connectivity index (χ4n) is 1.75. The summed E-state index contributed by atoms with van der Waals surface area (Å²) < 4.78 is 5.01. The van der Waals surface area contributed by atoms with Crippen molar-refractivity contribution in [1.82, 2.24) is 4.90 Å². The molecule has 2 heterocycles. The smallest absolute Gasteiger partial charge is 0.401 e. The Bertz CT molecular complexity index is 669. The van der Waals surface area contributed by atoms with Crippen LogP contribution in [0, 0.1) is 10.1 Å². The minimum atomic E-state index is -0.599. The van der Waals surface area contributed by atoms with Gasteiger partial charge in [-0.25, -0.2) is 0 Å². The first-order valence-corrected chi connectivity index (χ1v) is 6.10. The zero-order valence-electron chi connectivity index (χ0n) is 11.7. The maximum atomic E-state index is 10.5. The predicted octanol–water partition coefficient (Wildman–Crippen LogP) is 1.41. The summed E-state index contributed by atoms with van der Waals surface area (Å²) in [5.41, 5.74) is 7.15. The highest BCUT2D eigenvalue weighted by atomic mass is 16.6. The molecular formula is C13H15N5O3. The van der Waals surface area contributed by atoms with Crippen LogP contribution in [-0.2, 0) is 0 Å². The van der Waals surface area contributed by atoms with E-state index in [0.29, 0.717) is 22.9 Å². The molecule has 1 aromatic heterocycles. The first-order chi connectivity index (χ1) is 9.90. The van der Waals surface area contributed by atoms with E-state index in [1.807, 2.05) is 14.1 Å². The molecule has 1 aliphatic rings. The van der Waals surface area contributed by atoms with Crippen LogP contribution < -0.4 is 5.73 Å². The van der Waals surface area contributed by atoms with Gasteiger partial charge in [0.15, 0.2) is 0 Å². The van der Waals surface area contributed by atoms with Crippen molar-refractivity contribution in [3.8, 4) is 0 Å². The zero-order chi connectivity index (χ0) is 15.6. The van der Waals surface area contributed by atoms with Crippen LogP contribution in [0.2, 0.25) is 0 Å². The van der Waals surface area contributed by atoms with Crippen LogP contribution >= 0.6 is 0 Å². The summed E-state index contributed by atoms with van der Waals surface area (Å²) in [6.07, 6.45) is 3.17. The number of amidine groups is 1. The van der Waals surface area contributed by atoms with E-state index < -0.39 is 11.0 Å². The minimum Gasteiger partial charge on any atom is -0.401 e. The molecule has 0 amide bonds. The van der Waals surface area contributed by atoms with Crippen LogP contribution in [0.25, 0.3) is 6.08 Å². The molecule has 1 aliphatic heterocycles. The molecule has 21 heavy (non-hydrogen) atoms. The van der Waals surface area contributed by atoms with Crippen molar-refractivity contribution in [1.29, 1.82) is 0 Å². The van der Waals surface area contributed by atoms with Gasteiger partial charge in [-0.15, -0.1) is 10.2 Å². The number of allylic oxidation sites excluding steroid dienone is 1. The quantitative estimate of drug-likeness (QED) is 0.668. The normalized spacial score (nSPS) is 18.6. The van der Waals surface area contributed by atoms with Crippen LogP contribution in [0.5, 0.6) is 0 Å². The molecule has 2 rings (SSSR count). The lowest BCUT2D eigenvalue weighted by molar-refractivity contribution is -0.402. The van der Waals surface area contributed by atoms with Crippen molar-refractivity contribution in [2.45, 2.75) is 6.04 Å². The van der Waals surface area contributed by atoms with Crippen LogP contribution in [0.15, 0.2) is 45.0 Å². The molecule has 1 aromatic rings. The second-order valence-electron chi connectivity index (χ2n) is 4.61. The molecule has 0 spiro atoms. The molecule has 1 atom stereocenters. The van der Waals surface area contributed by atoms with Crippen molar-refractivity contribution < 1.29 is 9.34 Å². The molecule has 0 aromatic carbocycles. The summed E-state index contributed by atoms with van der Waals surface area (Å²) >= 11 is 0. The summed E-state index contributed by atoms with van der Waals surface area (Å²) in [5, 5.41) is 18.6. The molecule has 8 heteroatoms. The molecule has 0 saturated carbocycles. The number of hydrogen-bond acceptors (Lipinski definition) is 7. The first-order valence-electron chi connectivity index (χ1n) is 6.10. The van der Waals surface area contributed by atoms with Gasteiger partial charge >= 0.3 is 5.88 Å². The lowest BCUT2D eigenvalue weighted by Gasteiger charge is -2.25. The molecule has 0 fully saturated rings. The van der Waals surface area contributed by atoms with Gasteiger partial charge in [-0.3, -0.25) is 10.1 Å². The lowest BCUT2D eigenvalue weighted by atomic mass is 10.0. The number of nitrogens with two attached hydrogens (primary N) is 1. The third kappa shape index (κ3) is 3.06. The molecule has 1 unspecified atom stereocenters. The van der Waals surface area contributed by atoms with Crippen LogP contribution in [0.4, 0.5) is 5.88 Å². The van der Waals surface area contributed by atoms with Crippen molar-refractivity contribution in [3.05, 3.63) is 46.2 Å². The van der Waals surface area contributed by atoms with Gasteiger partial charge in [0.2, 0.25) is 0 Å². The number of hydrogen-bond donors (Lipinski definition) is 1. The second-order valence-corrected chi connectivity index (χ2v) is 4.61. The third-order valence-corrected chi connectivity index (χ3v) is 2.90. The fraction of sp³-hybridized carbons (Fsp3) is 0.231. The van der Waals surface area contributed by atoms with Crippen LogP contribution in [0.3, 0.4) is 0 Å². The maximum Gasteiger partial charge on any atom is 0.433 e. The van der Waals surface area contributed by atoms with Crippen molar-refractivity contribution in [2.24, 2.45) is 15.9 Å². The van der Waals surface area contributed by atoms with Gasteiger partial charge in [-0.05, 0) is 23.8 Å². The number of rotatable bonds is 3. The average molecular weight is 289 g/mol. The zero-order valence-corrected chi connectivity index (χ0v) is 11.7. The second kappa shape index (κ2) is 5.71. The monoisotopic (exact) mass is 289 g/mol. The third-order valence-electron chi connectivity index (χ3n) is 2.90. The first kappa shape index (κ1) is 14.7. The summed E-state index contributed by atoms with van der Waals surface area (Å²) in [6, 6.07) is 2.34. The van der Waals surface area contributed by atoms with Crippen molar-refractivity contribution >= 4 is 23.5 Å². The number of nitrogens with zero attached hydrogens (tertiary/aromatic N) is 4.